The molecule has 1 heterocycles. The predicted molar refractivity (Wildman–Crippen MR) is 135 cm³/mol. The Morgan fingerprint density at radius 3 is 2.58 bits per heavy atom. The number of hydrogen-bond donors (Lipinski definition) is 1. The minimum Gasteiger partial charge on any atom is -0.382 e. The maximum atomic E-state index is 13.1. The molecular weight excluding hydrogens is 434 g/mol. The van der Waals surface area contributed by atoms with Crippen molar-refractivity contribution in [3.05, 3.63) is 70.5 Å². The molecule has 1 amide bonds. The smallest absolute Gasteiger partial charge is 0.262 e. The molecule has 176 valence electrons. The van der Waals surface area contributed by atoms with Crippen LogP contribution in [0.1, 0.15) is 45.2 Å². The molecular formula is C26H33N3O3S. The first-order chi connectivity index (χ1) is 16.0. The van der Waals surface area contributed by atoms with E-state index in [1.807, 2.05) is 55.5 Å². The molecule has 0 fully saturated rings. The molecule has 3 rings (SSSR count). The monoisotopic (exact) mass is 467 g/mol. The average molecular weight is 468 g/mol. The standard InChI is InChI=1S/C26H33N3O3S/c1-4-32-16-10-15-29-25(31)21-13-8-9-14-22(21)28-26(29)33-18-24(30)27-23(17-19(2)3)20-11-6-5-7-12-20/h5-9,11-14,19,23H,4,10,15-18H2,1-3H3,(H,27,30). The van der Waals surface area contributed by atoms with Crippen molar-refractivity contribution >= 4 is 28.6 Å². The average Bonchev–Trinajstić information content (AvgIpc) is 2.81. The van der Waals surface area contributed by atoms with Gasteiger partial charge in [-0.3, -0.25) is 14.2 Å². The van der Waals surface area contributed by atoms with Gasteiger partial charge >= 0.3 is 0 Å². The van der Waals surface area contributed by atoms with E-state index in [0.717, 1.165) is 12.0 Å². The van der Waals surface area contributed by atoms with E-state index in [-0.39, 0.29) is 23.3 Å². The van der Waals surface area contributed by atoms with Crippen molar-refractivity contribution in [2.75, 3.05) is 19.0 Å². The fraction of sp³-hybridized carbons (Fsp3) is 0.423. The minimum atomic E-state index is -0.0815. The molecule has 7 heteroatoms. The highest BCUT2D eigenvalue weighted by Gasteiger charge is 2.18. The summed E-state index contributed by atoms with van der Waals surface area (Å²) in [6, 6.07) is 17.3. The Labute approximate surface area is 199 Å². The number of carbonyl (C=O) groups excluding carboxylic acids is 1. The largest absolute Gasteiger partial charge is 0.382 e. The summed E-state index contributed by atoms with van der Waals surface area (Å²) in [5, 5.41) is 4.32. The van der Waals surface area contributed by atoms with E-state index < -0.39 is 0 Å². The molecule has 3 aromatic rings. The predicted octanol–water partition coefficient (Wildman–Crippen LogP) is 4.82. The summed E-state index contributed by atoms with van der Waals surface area (Å²) in [6.45, 7) is 7.97. The van der Waals surface area contributed by atoms with Gasteiger partial charge < -0.3 is 10.1 Å². The highest BCUT2D eigenvalue weighted by molar-refractivity contribution is 7.99. The van der Waals surface area contributed by atoms with E-state index in [1.165, 1.54) is 11.8 Å². The number of fused-ring (bicyclic) bond motifs is 1. The summed E-state index contributed by atoms with van der Waals surface area (Å²) < 4.78 is 7.10. The molecule has 0 spiro atoms. The lowest BCUT2D eigenvalue weighted by atomic mass is 9.97. The van der Waals surface area contributed by atoms with Crippen LogP contribution in [0.15, 0.2) is 64.5 Å². The Balaban J connectivity index is 1.75. The minimum absolute atomic E-state index is 0.0442. The van der Waals surface area contributed by atoms with E-state index in [4.69, 9.17) is 9.72 Å². The van der Waals surface area contributed by atoms with Gasteiger partial charge in [0.15, 0.2) is 5.16 Å². The lowest BCUT2D eigenvalue weighted by Crippen LogP contribution is -2.31. The Morgan fingerprint density at radius 1 is 1.12 bits per heavy atom. The van der Waals surface area contributed by atoms with Crippen LogP contribution in [-0.2, 0) is 16.1 Å². The second kappa shape index (κ2) is 12.6. The second-order valence-corrected chi connectivity index (χ2v) is 9.31. The van der Waals surface area contributed by atoms with E-state index in [1.54, 1.807) is 10.6 Å². The van der Waals surface area contributed by atoms with Gasteiger partial charge in [-0.25, -0.2) is 4.98 Å². The summed E-state index contributed by atoms with van der Waals surface area (Å²) in [7, 11) is 0. The normalized spacial score (nSPS) is 12.2. The third-order valence-corrected chi connectivity index (χ3v) is 6.25. The zero-order valence-corrected chi connectivity index (χ0v) is 20.4. The fourth-order valence-corrected chi connectivity index (χ4v) is 4.56. The van der Waals surface area contributed by atoms with Crippen LogP contribution < -0.4 is 10.9 Å². The van der Waals surface area contributed by atoms with Gasteiger partial charge in [0, 0.05) is 19.8 Å². The molecule has 0 aliphatic carbocycles. The summed E-state index contributed by atoms with van der Waals surface area (Å²) >= 11 is 1.30. The number of benzene rings is 2. The van der Waals surface area contributed by atoms with Crippen molar-refractivity contribution in [3.8, 4) is 0 Å². The van der Waals surface area contributed by atoms with Crippen molar-refractivity contribution in [2.45, 2.75) is 51.4 Å². The summed E-state index contributed by atoms with van der Waals surface area (Å²) in [6.07, 6.45) is 1.56. The maximum absolute atomic E-state index is 13.1. The third kappa shape index (κ3) is 7.17. The highest BCUT2D eigenvalue weighted by atomic mass is 32.2. The number of ether oxygens (including phenoxy) is 1. The van der Waals surface area contributed by atoms with Crippen molar-refractivity contribution in [2.24, 2.45) is 5.92 Å². The maximum Gasteiger partial charge on any atom is 0.262 e. The van der Waals surface area contributed by atoms with Crippen LogP contribution in [0.5, 0.6) is 0 Å². The van der Waals surface area contributed by atoms with Crippen LogP contribution in [0.3, 0.4) is 0 Å². The Kier molecular flexibility index (Phi) is 9.51. The molecule has 1 aromatic heterocycles. The zero-order chi connectivity index (χ0) is 23.6. The molecule has 1 N–H and O–H groups in total. The number of nitrogens with one attached hydrogen (secondary N) is 1. The summed E-state index contributed by atoms with van der Waals surface area (Å²) in [5.41, 5.74) is 1.66. The number of para-hydroxylation sites is 1. The first-order valence-corrected chi connectivity index (χ1v) is 12.5. The second-order valence-electron chi connectivity index (χ2n) is 8.37. The number of nitrogens with zero attached hydrogens (tertiary/aromatic N) is 2. The molecule has 2 aromatic carbocycles. The molecule has 0 saturated carbocycles. The van der Waals surface area contributed by atoms with Crippen LogP contribution in [0.25, 0.3) is 10.9 Å². The number of carbonyl (C=O) groups is 1. The van der Waals surface area contributed by atoms with Gasteiger partial charge in [-0.05, 0) is 43.4 Å². The molecule has 0 aliphatic rings. The van der Waals surface area contributed by atoms with Crippen molar-refractivity contribution in [3.63, 3.8) is 0 Å². The Bertz CT molecular complexity index is 1100. The number of aromatic nitrogens is 2. The third-order valence-electron chi connectivity index (χ3n) is 5.28. The number of hydrogen-bond acceptors (Lipinski definition) is 5. The summed E-state index contributed by atoms with van der Waals surface area (Å²) in [4.78, 5) is 30.7. The lowest BCUT2D eigenvalue weighted by molar-refractivity contribution is -0.119. The Hall–Kier alpha value is -2.64. The van der Waals surface area contributed by atoms with Gasteiger partial charge in [0.05, 0.1) is 22.7 Å². The molecule has 6 nitrogen and oxygen atoms in total. The van der Waals surface area contributed by atoms with E-state index >= 15 is 0 Å². The molecule has 33 heavy (non-hydrogen) atoms. The van der Waals surface area contributed by atoms with Gasteiger partial charge in [0.25, 0.3) is 5.56 Å². The van der Waals surface area contributed by atoms with Crippen molar-refractivity contribution < 1.29 is 9.53 Å². The molecule has 1 unspecified atom stereocenters. The fourth-order valence-electron chi connectivity index (χ4n) is 3.73. The molecule has 0 radical (unpaired) electrons. The van der Waals surface area contributed by atoms with Crippen LogP contribution in [0, 0.1) is 5.92 Å². The van der Waals surface area contributed by atoms with Gasteiger partial charge in [0.1, 0.15) is 0 Å². The van der Waals surface area contributed by atoms with Crippen LogP contribution >= 0.6 is 11.8 Å². The van der Waals surface area contributed by atoms with Gasteiger partial charge in [0.2, 0.25) is 5.91 Å². The van der Waals surface area contributed by atoms with Gasteiger partial charge in [-0.15, -0.1) is 0 Å². The van der Waals surface area contributed by atoms with Crippen molar-refractivity contribution in [1.82, 2.24) is 14.9 Å². The first kappa shape index (κ1) is 25.0. The lowest BCUT2D eigenvalue weighted by Gasteiger charge is -2.21. The van der Waals surface area contributed by atoms with Gasteiger partial charge in [-0.2, -0.15) is 0 Å². The Morgan fingerprint density at radius 2 is 1.85 bits per heavy atom. The number of rotatable bonds is 12. The van der Waals surface area contributed by atoms with Crippen LogP contribution in [0.2, 0.25) is 0 Å². The topological polar surface area (TPSA) is 73.2 Å². The zero-order valence-electron chi connectivity index (χ0n) is 19.6. The van der Waals surface area contributed by atoms with E-state index in [2.05, 4.69) is 19.2 Å². The molecule has 0 aliphatic heterocycles. The quantitative estimate of drug-likeness (QED) is 0.235. The van der Waals surface area contributed by atoms with Crippen molar-refractivity contribution in [1.29, 1.82) is 0 Å². The SMILES string of the molecule is CCOCCCn1c(SCC(=O)NC(CC(C)C)c2ccccc2)nc2ccccc2c1=O. The first-order valence-electron chi connectivity index (χ1n) is 11.5. The van der Waals surface area contributed by atoms with Gasteiger partial charge in [-0.1, -0.05) is 68.1 Å². The van der Waals surface area contributed by atoms with E-state index in [9.17, 15) is 9.59 Å². The summed E-state index contributed by atoms with van der Waals surface area (Å²) in [5.74, 6) is 0.566. The number of amides is 1. The highest BCUT2D eigenvalue weighted by Crippen LogP contribution is 2.22. The molecule has 1 atom stereocenters. The molecule has 0 saturated heterocycles. The van der Waals surface area contributed by atoms with Crippen LogP contribution in [0.4, 0.5) is 0 Å². The van der Waals surface area contributed by atoms with Crippen LogP contribution in [-0.4, -0.2) is 34.4 Å². The molecule has 0 bridgehead atoms. The number of thioether (sulfide) groups is 1. The van der Waals surface area contributed by atoms with E-state index in [0.29, 0.717) is 48.2 Å².